The van der Waals surface area contributed by atoms with Gasteiger partial charge in [0.2, 0.25) is 0 Å². The fourth-order valence-corrected chi connectivity index (χ4v) is 9.85. The molecule has 37 heavy (non-hydrogen) atoms. The maximum absolute atomic E-state index is 11.4. The highest BCUT2D eigenvalue weighted by Crippen LogP contribution is 2.43. The molecule has 5 saturated heterocycles. The maximum atomic E-state index is 11.4. The van der Waals surface area contributed by atoms with Crippen molar-refractivity contribution in [2.45, 2.75) is 148 Å². The molecular weight excluding hydrogens is 456 g/mol. The molecule has 5 fully saturated rings. The van der Waals surface area contributed by atoms with Gasteiger partial charge in [-0.25, -0.2) is 0 Å². The molecule has 16 atom stereocenters. The topological polar surface area (TPSA) is 65.2 Å². The average Bonchev–Trinajstić information content (AvgIpc) is 3.51. The third-order valence-electron chi connectivity index (χ3n) is 12.8. The van der Waals surface area contributed by atoms with Crippen LogP contribution >= 0.6 is 0 Å². The van der Waals surface area contributed by atoms with E-state index >= 15 is 0 Å². The van der Waals surface area contributed by atoms with Crippen molar-refractivity contribution in [1.82, 2.24) is 21.3 Å². The third kappa shape index (κ3) is 5.33. The minimum Gasteiger partial charge on any atom is -0.311 e. The van der Waals surface area contributed by atoms with Gasteiger partial charge in [0, 0.05) is 54.8 Å². The molecule has 0 radical (unpaired) electrons. The fourth-order valence-electron chi connectivity index (χ4n) is 9.85. The molecule has 5 aliphatic rings. The summed E-state index contributed by atoms with van der Waals surface area (Å²) < 4.78 is 0. The van der Waals surface area contributed by atoms with Crippen LogP contribution in [0.3, 0.4) is 0 Å². The van der Waals surface area contributed by atoms with E-state index in [0.29, 0.717) is 72.5 Å². The highest BCUT2D eigenvalue weighted by molar-refractivity contribution is 5.49. The van der Waals surface area contributed by atoms with E-state index in [1.165, 1.54) is 38.5 Å². The monoisotopic (exact) mass is 514 g/mol. The van der Waals surface area contributed by atoms with Gasteiger partial charge in [0.25, 0.3) is 0 Å². The third-order valence-corrected chi connectivity index (χ3v) is 12.8. The van der Waals surface area contributed by atoms with Gasteiger partial charge in [0.05, 0.1) is 0 Å². The molecule has 0 amide bonds. The van der Waals surface area contributed by atoms with Gasteiger partial charge in [-0.3, -0.25) is 0 Å². The van der Waals surface area contributed by atoms with Crippen LogP contribution in [0.25, 0.3) is 0 Å². The number of carbonyl (C=O) groups is 1. The Morgan fingerprint density at radius 2 is 0.838 bits per heavy atom. The van der Waals surface area contributed by atoms with Crippen molar-refractivity contribution in [3.63, 3.8) is 0 Å². The maximum Gasteiger partial charge on any atom is 0.120 e. The predicted octanol–water partition coefficient (Wildman–Crippen LogP) is 4.75. The molecule has 16 unspecified atom stereocenters. The van der Waals surface area contributed by atoms with Crippen molar-refractivity contribution >= 4 is 6.29 Å². The second-order valence-corrected chi connectivity index (χ2v) is 14.5. The lowest BCUT2D eigenvalue weighted by molar-refractivity contribution is -0.108. The summed E-state index contributed by atoms with van der Waals surface area (Å²) in [6.45, 7) is 17.4. The van der Waals surface area contributed by atoms with Gasteiger partial charge < -0.3 is 26.1 Å². The Balaban J connectivity index is 1.44. The van der Waals surface area contributed by atoms with E-state index in [4.69, 9.17) is 0 Å². The van der Waals surface area contributed by atoms with Crippen molar-refractivity contribution in [2.75, 3.05) is 0 Å². The predicted molar refractivity (Wildman–Crippen MR) is 153 cm³/mol. The molecule has 0 aromatic carbocycles. The highest BCUT2D eigenvalue weighted by Gasteiger charge is 2.50. The molecule has 5 heteroatoms. The molecule has 5 aliphatic heterocycles. The van der Waals surface area contributed by atoms with Crippen LogP contribution in [0.4, 0.5) is 0 Å². The van der Waals surface area contributed by atoms with Crippen LogP contribution in [-0.4, -0.2) is 54.6 Å². The summed E-state index contributed by atoms with van der Waals surface area (Å²) in [6, 6.07) is 4.71. The zero-order valence-electron chi connectivity index (χ0n) is 24.9. The van der Waals surface area contributed by atoms with Gasteiger partial charge in [0.1, 0.15) is 6.29 Å². The quantitative estimate of drug-likeness (QED) is 0.399. The molecule has 4 N–H and O–H groups in total. The second kappa shape index (κ2) is 11.6. The number of nitrogens with one attached hydrogen (secondary N) is 4. The van der Waals surface area contributed by atoms with Crippen molar-refractivity contribution in [3.8, 4) is 0 Å². The SMILES string of the molecule is CCCC1C2CC3NC(CC4NC(CC5NC(CC(N2)C1C)C(C)C5C)C(C)C4C)C(C)C3CCC=O. The fraction of sp³-hybridized carbons (Fsp3) is 0.969. The molecule has 0 spiro atoms. The largest absolute Gasteiger partial charge is 0.311 e. The molecule has 0 saturated carbocycles. The summed E-state index contributed by atoms with van der Waals surface area (Å²) in [7, 11) is 0. The Labute approximate surface area is 227 Å². The lowest BCUT2D eigenvalue weighted by Crippen LogP contribution is -2.45. The first-order valence-electron chi connectivity index (χ1n) is 16.2. The molecule has 0 aliphatic carbocycles. The first kappa shape index (κ1) is 28.1. The number of hydrogen-bond donors (Lipinski definition) is 4. The van der Waals surface area contributed by atoms with Crippen LogP contribution in [0.1, 0.15) is 99.8 Å². The zero-order valence-corrected chi connectivity index (χ0v) is 24.9. The van der Waals surface area contributed by atoms with Crippen LogP contribution < -0.4 is 21.3 Å². The van der Waals surface area contributed by atoms with E-state index in [9.17, 15) is 4.79 Å². The summed E-state index contributed by atoms with van der Waals surface area (Å²) in [5, 5.41) is 16.8. The van der Waals surface area contributed by atoms with E-state index in [1.54, 1.807) is 0 Å². The van der Waals surface area contributed by atoms with Gasteiger partial charge in [0.15, 0.2) is 0 Å². The second-order valence-electron chi connectivity index (χ2n) is 14.5. The molecule has 0 aromatic rings. The van der Waals surface area contributed by atoms with E-state index in [0.717, 1.165) is 42.3 Å². The van der Waals surface area contributed by atoms with Crippen molar-refractivity contribution in [3.05, 3.63) is 0 Å². The first-order chi connectivity index (χ1) is 17.7. The summed E-state index contributed by atoms with van der Waals surface area (Å²) in [6.07, 6.45) is 10.5. The molecule has 5 rings (SSSR count). The summed E-state index contributed by atoms with van der Waals surface area (Å²) >= 11 is 0. The number of fused-ring (bicyclic) bond motifs is 8. The minimum atomic E-state index is 0.522. The lowest BCUT2D eigenvalue weighted by Gasteiger charge is -2.28. The Bertz CT molecular complexity index is 776. The van der Waals surface area contributed by atoms with Gasteiger partial charge in [-0.05, 0) is 85.9 Å². The molecule has 212 valence electrons. The summed E-state index contributed by atoms with van der Waals surface area (Å²) in [5.74, 6) is 5.61. The first-order valence-corrected chi connectivity index (χ1v) is 16.2. The van der Waals surface area contributed by atoms with Gasteiger partial charge >= 0.3 is 0 Å². The number of carbonyl (C=O) groups excluding carboxylic acids is 1. The zero-order chi connectivity index (χ0) is 26.4. The van der Waals surface area contributed by atoms with Crippen LogP contribution in [0, 0.1) is 47.3 Å². The van der Waals surface area contributed by atoms with Crippen LogP contribution in [0.15, 0.2) is 0 Å². The van der Waals surface area contributed by atoms with E-state index in [2.05, 4.69) is 69.7 Å². The van der Waals surface area contributed by atoms with Crippen LogP contribution in [0.5, 0.6) is 0 Å². The minimum absolute atomic E-state index is 0.522. The van der Waals surface area contributed by atoms with E-state index in [-0.39, 0.29) is 0 Å². The molecular formula is C32H58N4O. The van der Waals surface area contributed by atoms with Crippen LogP contribution in [-0.2, 0) is 4.79 Å². The van der Waals surface area contributed by atoms with Gasteiger partial charge in [-0.15, -0.1) is 0 Å². The standard InChI is InChI=1S/C32H58N4O/c1-8-10-23-21(6)29-14-27-19(4)17(2)25(33-27)13-26-18(3)20(5)28(34-26)15-30-22(7)24(11-9-12-37)32(36-30)16-31(23)35-29/h12,17-36H,8-11,13-16H2,1-7H3. The van der Waals surface area contributed by atoms with Crippen molar-refractivity contribution in [2.24, 2.45) is 47.3 Å². The summed E-state index contributed by atoms with van der Waals surface area (Å²) in [5.41, 5.74) is 0. The summed E-state index contributed by atoms with van der Waals surface area (Å²) in [4.78, 5) is 11.4. The van der Waals surface area contributed by atoms with Gasteiger partial charge in [-0.2, -0.15) is 0 Å². The number of hydrogen-bond acceptors (Lipinski definition) is 5. The Kier molecular flexibility index (Phi) is 8.76. The Hall–Kier alpha value is -0.490. The van der Waals surface area contributed by atoms with E-state index in [1.807, 2.05) is 0 Å². The molecule has 5 nitrogen and oxygen atoms in total. The van der Waals surface area contributed by atoms with Crippen molar-refractivity contribution in [1.29, 1.82) is 0 Å². The Morgan fingerprint density at radius 1 is 0.514 bits per heavy atom. The number of rotatable bonds is 5. The molecule has 8 bridgehead atoms. The van der Waals surface area contributed by atoms with Gasteiger partial charge in [-0.1, -0.05) is 54.9 Å². The number of aldehydes is 1. The van der Waals surface area contributed by atoms with Crippen LogP contribution in [0.2, 0.25) is 0 Å². The molecule has 5 heterocycles. The van der Waals surface area contributed by atoms with Crippen molar-refractivity contribution < 1.29 is 4.79 Å². The highest BCUT2D eigenvalue weighted by atomic mass is 16.1. The molecule has 0 aromatic heterocycles. The lowest BCUT2D eigenvalue weighted by atomic mass is 9.77. The smallest absolute Gasteiger partial charge is 0.120 e. The normalized spacial score (nSPS) is 54.0. The Morgan fingerprint density at radius 3 is 1.22 bits per heavy atom. The van der Waals surface area contributed by atoms with E-state index < -0.39 is 0 Å². The average molecular weight is 515 g/mol.